The molecule has 0 atom stereocenters. The number of benzene rings is 2. The lowest BCUT2D eigenvalue weighted by atomic mass is 10.2. The van der Waals surface area contributed by atoms with E-state index in [1.807, 2.05) is 6.07 Å². The van der Waals surface area contributed by atoms with E-state index < -0.39 is 0 Å². The predicted octanol–water partition coefficient (Wildman–Crippen LogP) is 2.81. The smallest absolute Gasteiger partial charge is 0.326 e. The van der Waals surface area contributed by atoms with E-state index >= 15 is 0 Å². The highest BCUT2D eigenvalue weighted by molar-refractivity contribution is 6.01. The van der Waals surface area contributed by atoms with Crippen molar-refractivity contribution in [3.8, 4) is 6.07 Å². The monoisotopic (exact) mass is 266 g/mol. The first-order valence-corrected chi connectivity index (χ1v) is 6.00. The average molecular weight is 266 g/mol. The zero-order valence-corrected chi connectivity index (χ0v) is 11.0. The van der Waals surface area contributed by atoms with Gasteiger partial charge in [0, 0.05) is 24.1 Å². The number of nitriles is 1. The summed E-state index contributed by atoms with van der Waals surface area (Å²) in [7, 11) is 1.65. The van der Waals surface area contributed by atoms with Gasteiger partial charge in [0.2, 0.25) is 0 Å². The predicted molar refractivity (Wildman–Crippen MR) is 79.4 cm³/mol. The first-order chi connectivity index (χ1) is 9.60. The van der Waals surface area contributed by atoms with Crippen molar-refractivity contribution in [2.24, 2.45) is 0 Å². The third-order valence-electron chi connectivity index (χ3n) is 2.81. The van der Waals surface area contributed by atoms with Crippen LogP contribution in [-0.2, 0) is 0 Å². The number of carbonyl (C=O) groups excluding carboxylic acids is 1. The molecule has 0 aromatic heterocycles. The van der Waals surface area contributed by atoms with Crippen molar-refractivity contribution in [1.29, 1.82) is 5.26 Å². The molecule has 0 unspecified atom stereocenters. The quantitative estimate of drug-likeness (QED) is 0.820. The van der Waals surface area contributed by atoms with Gasteiger partial charge in [-0.05, 0) is 36.4 Å². The summed E-state index contributed by atoms with van der Waals surface area (Å²) in [6.07, 6.45) is 0. The molecule has 2 rings (SSSR count). The van der Waals surface area contributed by atoms with E-state index in [1.165, 1.54) is 4.90 Å². The van der Waals surface area contributed by atoms with Crippen LogP contribution in [0.5, 0.6) is 0 Å². The summed E-state index contributed by atoms with van der Waals surface area (Å²) in [6.45, 7) is 0. The van der Waals surface area contributed by atoms with Crippen molar-refractivity contribution in [3.05, 3.63) is 54.1 Å². The number of amides is 2. The standard InChI is InChI=1S/C15H14N4O/c1-19(14-7-3-5-12(17)9-14)15(20)18-13-6-2-4-11(8-13)10-16/h2-9H,17H2,1H3,(H,18,20). The normalized spacial score (nSPS) is 9.60. The molecule has 0 aliphatic carbocycles. The van der Waals surface area contributed by atoms with Crippen LogP contribution in [0.3, 0.4) is 0 Å². The Morgan fingerprint density at radius 1 is 1.25 bits per heavy atom. The lowest BCUT2D eigenvalue weighted by Crippen LogP contribution is -2.31. The minimum atomic E-state index is -0.300. The molecule has 0 bridgehead atoms. The molecule has 2 amide bonds. The molecule has 0 aliphatic rings. The van der Waals surface area contributed by atoms with Gasteiger partial charge in [-0.15, -0.1) is 0 Å². The minimum absolute atomic E-state index is 0.300. The van der Waals surface area contributed by atoms with E-state index in [-0.39, 0.29) is 6.03 Å². The third kappa shape index (κ3) is 3.06. The topological polar surface area (TPSA) is 82.2 Å². The molecular formula is C15H14N4O. The van der Waals surface area contributed by atoms with Crippen LogP contribution in [0.25, 0.3) is 0 Å². The number of hydrogen-bond donors (Lipinski definition) is 2. The van der Waals surface area contributed by atoms with E-state index in [4.69, 9.17) is 11.0 Å². The molecule has 0 aliphatic heterocycles. The van der Waals surface area contributed by atoms with E-state index in [0.29, 0.717) is 22.6 Å². The van der Waals surface area contributed by atoms with Gasteiger partial charge in [-0.1, -0.05) is 12.1 Å². The van der Waals surface area contributed by atoms with Gasteiger partial charge in [0.15, 0.2) is 0 Å². The van der Waals surface area contributed by atoms with Gasteiger partial charge in [0.25, 0.3) is 0 Å². The summed E-state index contributed by atoms with van der Waals surface area (Å²) in [5, 5.41) is 11.6. The third-order valence-corrected chi connectivity index (χ3v) is 2.81. The molecule has 0 heterocycles. The average Bonchev–Trinajstić information content (AvgIpc) is 2.46. The molecule has 0 spiro atoms. The van der Waals surface area contributed by atoms with Crippen molar-refractivity contribution in [1.82, 2.24) is 0 Å². The van der Waals surface area contributed by atoms with Crippen LogP contribution >= 0.6 is 0 Å². The maximum atomic E-state index is 12.1. The second-order valence-electron chi connectivity index (χ2n) is 4.28. The number of nitrogens with zero attached hydrogens (tertiary/aromatic N) is 2. The number of rotatable bonds is 2. The summed E-state index contributed by atoms with van der Waals surface area (Å²) >= 11 is 0. The first kappa shape index (κ1) is 13.4. The van der Waals surface area contributed by atoms with Gasteiger partial charge in [-0.25, -0.2) is 4.79 Å². The summed E-state index contributed by atoms with van der Waals surface area (Å²) in [4.78, 5) is 13.6. The van der Waals surface area contributed by atoms with Crippen molar-refractivity contribution >= 4 is 23.1 Å². The van der Waals surface area contributed by atoms with Crippen molar-refractivity contribution in [3.63, 3.8) is 0 Å². The van der Waals surface area contributed by atoms with Crippen LogP contribution < -0.4 is 16.0 Å². The van der Waals surface area contributed by atoms with E-state index in [0.717, 1.165) is 0 Å². The summed E-state index contributed by atoms with van der Waals surface area (Å²) < 4.78 is 0. The minimum Gasteiger partial charge on any atom is -0.399 e. The Morgan fingerprint density at radius 2 is 2.00 bits per heavy atom. The molecule has 0 saturated heterocycles. The Bertz CT molecular complexity index is 676. The molecule has 100 valence electrons. The second kappa shape index (κ2) is 5.76. The fourth-order valence-corrected chi connectivity index (χ4v) is 1.72. The first-order valence-electron chi connectivity index (χ1n) is 6.00. The molecule has 5 nitrogen and oxygen atoms in total. The fourth-order valence-electron chi connectivity index (χ4n) is 1.72. The van der Waals surface area contributed by atoms with Crippen molar-refractivity contribution in [2.75, 3.05) is 23.0 Å². The number of carbonyl (C=O) groups is 1. The number of nitrogens with one attached hydrogen (secondary N) is 1. The van der Waals surface area contributed by atoms with Crippen molar-refractivity contribution < 1.29 is 4.79 Å². The van der Waals surface area contributed by atoms with Crippen LogP contribution in [0.2, 0.25) is 0 Å². The SMILES string of the molecule is CN(C(=O)Nc1cccc(C#N)c1)c1cccc(N)c1. The Labute approximate surface area is 117 Å². The van der Waals surface area contributed by atoms with Crippen LogP contribution in [0.15, 0.2) is 48.5 Å². The fraction of sp³-hybridized carbons (Fsp3) is 0.0667. The number of urea groups is 1. The summed E-state index contributed by atoms with van der Waals surface area (Å²) in [6, 6.07) is 15.5. The largest absolute Gasteiger partial charge is 0.399 e. The molecule has 0 fully saturated rings. The van der Waals surface area contributed by atoms with Gasteiger partial charge >= 0.3 is 6.03 Å². The van der Waals surface area contributed by atoms with Crippen LogP contribution in [0, 0.1) is 11.3 Å². The Hall–Kier alpha value is -3.00. The molecule has 2 aromatic carbocycles. The molecule has 2 aromatic rings. The summed E-state index contributed by atoms with van der Waals surface area (Å²) in [5.41, 5.74) is 8.05. The maximum Gasteiger partial charge on any atom is 0.326 e. The number of nitrogens with two attached hydrogens (primary N) is 1. The van der Waals surface area contributed by atoms with Crippen LogP contribution in [0.4, 0.5) is 21.9 Å². The Balaban J connectivity index is 2.13. The van der Waals surface area contributed by atoms with E-state index in [9.17, 15) is 4.79 Å². The van der Waals surface area contributed by atoms with Gasteiger partial charge in [0.1, 0.15) is 0 Å². The van der Waals surface area contributed by atoms with Gasteiger partial charge in [-0.2, -0.15) is 5.26 Å². The lowest BCUT2D eigenvalue weighted by molar-refractivity contribution is 0.258. The van der Waals surface area contributed by atoms with Crippen LogP contribution in [-0.4, -0.2) is 13.1 Å². The molecule has 5 heteroatoms. The molecule has 0 saturated carbocycles. The van der Waals surface area contributed by atoms with Gasteiger partial charge in [-0.3, -0.25) is 4.90 Å². The number of hydrogen-bond acceptors (Lipinski definition) is 3. The molecule has 3 N–H and O–H groups in total. The molecular weight excluding hydrogens is 252 g/mol. The van der Waals surface area contributed by atoms with Gasteiger partial charge in [0.05, 0.1) is 11.6 Å². The van der Waals surface area contributed by atoms with Gasteiger partial charge < -0.3 is 11.1 Å². The van der Waals surface area contributed by atoms with E-state index in [2.05, 4.69) is 5.32 Å². The van der Waals surface area contributed by atoms with Crippen molar-refractivity contribution in [2.45, 2.75) is 0 Å². The number of nitrogen functional groups attached to an aromatic ring is 1. The zero-order valence-electron chi connectivity index (χ0n) is 11.0. The second-order valence-corrected chi connectivity index (χ2v) is 4.28. The maximum absolute atomic E-state index is 12.1. The Morgan fingerprint density at radius 3 is 2.70 bits per heavy atom. The Kier molecular flexibility index (Phi) is 3.87. The lowest BCUT2D eigenvalue weighted by Gasteiger charge is -2.18. The van der Waals surface area contributed by atoms with E-state index in [1.54, 1.807) is 55.6 Å². The highest BCUT2D eigenvalue weighted by atomic mass is 16.2. The highest BCUT2D eigenvalue weighted by Gasteiger charge is 2.11. The number of anilines is 3. The van der Waals surface area contributed by atoms with Crippen LogP contribution in [0.1, 0.15) is 5.56 Å². The molecule has 20 heavy (non-hydrogen) atoms. The molecule has 0 radical (unpaired) electrons. The highest BCUT2D eigenvalue weighted by Crippen LogP contribution is 2.17. The zero-order chi connectivity index (χ0) is 14.5. The summed E-state index contributed by atoms with van der Waals surface area (Å²) in [5.74, 6) is 0.